The zero-order chi connectivity index (χ0) is 12.1. The Morgan fingerprint density at radius 2 is 2.35 bits per heavy atom. The van der Waals surface area contributed by atoms with Crippen LogP contribution in [0.25, 0.3) is 0 Å². The van der Waals surface area contributed by atoms with Gasteiger partial charge in [-0.3, -0.25) is 14.7 Å². The highest BCUT2D eigenvalue weighted by Gasteiger charge is 2.16. The Kier molecular flexibility index (Phi) is 4.17. The maximum atomic E-state index is 13.4. The lowest BCUT2D eigenvalue weighted by Crippen LogP contribution is -2.33. The summed E-state index contributed by atoms with van der Waals surface area (Å²) in [5.74, 6) is -0.711. The van der Waals surface area contributed by atoms with Gasteiger partial charge >= 0.3 is 0 Å². The molecule has 1 aromatic rings. The van der Waals surface area contributed by atoms with Gasteiger partial charge in [-0.05, 0) is 25.6 Å². The van der Waals surface area contributed by atoms with Gasteiger partial charge in [0.1, 0.15) is 0 Å². The van der Waals surface area contributed by atoms with Gasteiger partial charge in [0.2, 0.25) is 0 Å². The van der Waals surface area contributed by atoms with Gasteiger partial charge < -0.3 is 5.32 Å². The third-order valence-corrected chi connectivity index (χ3v) is 2.87. The lowest BCUT2D eigenvalue weighted by Gasteiger charge is -2.18. The zero-order valence-corrected chi connectivity index (χ0v) is 9.66. The van der Waals surface area contributed by atoms with E-state index in [0.717, 1.165) is 38.8 Å². The first-order valence-electron chi connectivity index (χ1n) is 5.83. The highest BCUT2D eigenvalue weighted by Crippen LogP contribution is 2.07. The van der Waals surface area contributed by atoms with Crippen molar-refractivity contribution in [2.75, 3.05) is 32.7 Å². The van der Waals surface area contributed by atoms with Crippen LogP contribution in [0.4, 0.5) is 4.39 Å². The maximum Gasteiger partial charge on any atom is 0.179 e. The smallest absolute Gasteiger partial charge is 0.179 e. The molecule has 92 valence electrons. The van der Waals surface area contributed by atoms with Gasteiger partial charge in [-0.2, -0.15) is 0 Å². The standard InChI is InChI=1S/C12H16FN3O/c13-11-8-15-4-2-10(11)12(17)9-16-6-1-3-14-5-7-16/h2,4,8,14H,1,3,5-7,9H2. The fraction of sp³-hybridized carbons (Fsp3) is 0.500. The minimum absolute atomic E-state index is 0.136. The Labute approximate surface area is 99.8 Å². The van der Waals surface area contributed by atoms with E-state index in [4.69, 9.17) is 0 Å². The number of rotatable bonds is 3. The number of carbonyl (C=O) groups is 1. The minimum atomic E-state index is -0.537. The van der Waals surface area contributed by atoms with Gasteiger partial charge in [-0.1, -0.05) is 0 Å². The van der Waals surface area contributed by atoms with Crippen LogP contribution in [0.5, 0.6) is 0 Å². The summed E-state index contributed by atoms with van der Waals surface area (Å²) >= 11 is 0. The van der Waals surface area contributed by atoms with Gasteiger partial charge in [-0.15, -0.1) is 0 Å². The molecular weight excluding hydrogens is 221 g/mol. The summed E-state index contributed by atoms with van der Waals surface area (Å²) in [5.41, 5.74) is 0.136. The molecule has 0 aromatic carbocycles. The number of pyridine rings is 1. The fourth-order valence-corrected chi connectivity index (χ4v) is 1.95. The first kappa shape index (κ1) is 12.1. The van der Waals surface area contributed by atoms with Crippen molar-refractivity contribution in [3.63, 3.8) is 0 Å². The number of aromatic nitrogens is 1. The lowest BCUT2D eigenvalue weighted by atomic mass is 10.1. The van der Waals surface area contributed by atoms with Crippen LogP contribution in [-0.2, 0) is 0 Å². The van der Waals surface area contributed by atoms with E-state index in [0.29, 0.717) is 0 Å². The molecule has 2 heterocycles. The average molecular weight is 237 g/mol. The average Bonchev–Trinajstić information content (AvgIpc) is 2.58. The molecule has 1 aliphatic rings. The third-order valence-electron chi connectivity index (χ3n) is 2.87. The Hall–Kier alpha value is -1.33. The highest BCUT2D eigenvalue weighted by molar-refractivity contribution is 5.97. The quantitative estimate of drug-likeness (QED) is 0.786. The summed E-state index contributed by atoms with van der Waals surface area (Å²) < 4.78 is 13.4. The molecule has 0 spiro atoms. The molecule has 0 radical (unpaired) electrons. The summed E-state index contributed by atoms with van der Waals surface area (Å²) in [6, 6.07) is 1.44. The predicted molar refractivity (Wildman–Crippen MR) is 62.5 cm³/mol. The monoisotopic (exact) mass is 237 g/mol. The van der Waals surface area contributed by atoms with Crippen molar-refractivity contribution in [1.29, 1.82) is 0 Å². The molecule has 0 atom stereocenters. The van der Waals surface area contributed by atoms with Crippen LogP contribution in [0.3, 0.4) is 0 Å². The molecule has 1 aromatic heterocycles. The summed E-state index contributed by atoms with van der Waals surface area (Å²) in [4.78, 5) is 17.6. The van der Waals surface area contributed by atoms with Crippen LogP contribution in [-0.4, -0.2) is 48.4 Å². The second kappa shape index (κ2) is 5.84. The normalized spacial score (nSPS) is 17.7. The maximum absolute atomic E-state index is 13.4. The molecule has 2 rings (SSSR count). The van der Waals surface area contributed by atoms with Crippen LogP contribution in [0, 0.1) is 5.82 Å². The number of nitrogens with zero attached hydrogens (tertiary/aromatic N) is 2. The number of hydrogen-bond acceptors (Lipinski definition) is 4. The molecule has 0 saturated carbocycles. The molecule has 5 heteroatoms. The van der Waals surface area contributed by atoms with Gasteiger partial charge in [0.05, 0.1) is 18.3 Å². The van der Waals surface area contributed by atoms with E-state index >= 15 is 0 Å². The summed E-state index contributed by atoms with van der Waals surface area (Å²) in [6.07, 6.45) is 3.55. The van der Waals surface area contributed by atoms with E-state index in [1.54, 1.807) is 0 Å². The molecule has 1 N–H and O–H groups in total. The number of halogens is 1. The van der Waals surface area contributed by atoms with E-state index < -0.39 is 5.82 Å². The Balaban J connectivity index is 1.98. The summed E-state index contributed by atoms with van der Waals surface area (Å²) in [5, 5.41) is 3.26. The minimum Gasteiger partial charge on any atom is -0.315 e. The molecular formula is C12H16FN3O. The molecule has 0 aliphatic carbocycles. The van der Waals surface area contributed by atoms with Gasteiger partial charge in [0.25, 0.3) is 0 Å². The molecule has 1 fully saturated rings. The van der Waals surface area contributed by atoms with Crippen molar-refractivity contribution < 1.29 is 9.18 Å². The lowest BCUT2D eigenvalue weighted by molar-refractivity contribution is 0.0931. The van der Waals surface area contributed by atoms with Crippen molar-refractivity contribution in [2.45, 2.75) is 6.42 Å². The zero-order valence-electron chi connectivity index (χ0n) is 9.66. The summed E-state index contributed by atoms with van der Waals surface area (Å²) in [7, 11) is 0. The largest absolute Gasteiger partial charge is 0.315 e. The van der Waals surface area contributed by atoms with Gasteiger partial charge in [0, 0.05) is 19.3 Å². The predicted octanol–water partition coefficient (Wildman–Crippen LogP) is 0.699. The number of ketones is 1. The summed E-state index contributed by atoms with van der Waals surface area (Å²) in [6.45, 7) is 3.85. The highest BCUT2D eigenvalue weighted by atomic mass is 19.1. The molecule has 1 aliphatic heterocycles. The van der Waals surface area contributed by atoms with E-state index in [-0.39, 0.29) is 17.9 Å². The first-order valence-corrected chi connectivity index (χ1v) is 5.83. The Bertz CT molecular complexity index is 389. The second-order valence-electron chi connectivity index (χ2n) is 4.16. The van der Waals surface area contributed by atoms with Crippen molar-refractivity contribution in [2.24, 2.45) is 0 Å². The van der Waals surface area contributed by atoms with Crippen molar-refractivity contribution in [3.05, 3.63) is 29.8 Å². The van der Waals surface area contributed by atoms with Crippen LogP contribution < -0.4 is 5.32 Å². The third kappa shape index (κ3) is 3.31. The topological polar surface area (TPSA) is 45.2 Å². The van der Waals surface area contributed by atoms with E-state index in [2.05, 4.69) is 15.2 Å². The Morgan fingerprint density at radius 1 is 1.47 bits per heavy atom. The molecule has 1 saturated heterocycles. The molecule has 0 unspecified atom stereocenters. The SMILES string of the molecule is O=C(CN1CCCNCC1)c1ccncc1F. The van der Waals surface area contributed by atoms with Crippen LogP contribution in [0.1, 0.15) is 16.8 Å². The van der Waals surface area contributed by atoms with Crippen molar-refractivity contribution >= 4 is 5.78 Å². The van der Waals surface area contributed by atoms with Crippen molar-refractivity contribution in [1.82, 2.24) is 15.2 Å². The Morgan fingerprint density at radius 3 is 3.18 bits per heavy atom. The number of Topliss-reactive ketones (excluding diaryl/α,β-unsaturated/α-hetero) is 1. The van der Waals surface area contributed by atoms with Crippen LogP contribution >= 0.6 is 0 Å². The number of nitrogens with one attached hydrogen (secondary N) is 1. The molecule has 0 bridgehead atoms. The van der Waals surface area contributed by atoms with E-state index in [9.17, 15) is 9.18 Å². The fourth-order valence-electron chi connectivity index (χ4n) is 1.95. The molecule has 4 nitrogen and oxygen atoms in total. The van der Waals surface area contributed by atoms with Gasteiger partial charge in [0.15, 0.2) is 11.6 Å². The first-order chi connectivity index (χ1) is 8.27. The second-order valence-corrected chi connectivity index (χ2v) is 4.16. The molecule has 17 heavy (non-hydrogen) atoms. The molecule has 0 amide bonds. The van der Waals surface area contributed by atoms with Gasteiger partial charge in [-0.25, -0.2) is 4.39 Å². The number of carbonyl (C=O) groups excluding carboxylic acids is 1. The number of hydrogen-bond donors (Lipinski definition) is 1. The van der Waals surface area contributed by atoms with E-state index in [1.165, 1.54) is 12.3 Å². The van der Waals surface area contributed by atoms with Crippen LogP contribution in [0.15, 0.2) is 18.5 Å². The van der Waals surface area contributed by atoms with Crippen LogP contribution in [0.2, 0.25) is 0 Å². The van der Waals surface area contributed by atoms with E-state index in [1.807, 2.05) is 0 Å². The van der Waals surface area contributed by atoms with Crippen molar-refractivity contribution in [3.8, 4) is 0 Å².